The zero-order valence-corrected chi connectivity index (χ0v) is 10.8. The van der Waals surface area contributed by atoms with Gasteiger partial charge in [0.05, 0.1) is 0 Å². The van der Waals surface area contributed by atoms with Crippen LogP contribution in [-0.2, 0) is 0 Å². The first kappa shape index (κ1) is 10.7. The van der Waals surface area contributed by atoms with Gasteiger partial charge < -0.3 is 0 Å². The number of pyridine rings is 1. The summed E-state index contributed by atoms with van der Waals surface area (Å²) >= 11 is 0. The van der Waals surface area contributed by atoms with E-state index in [1.807, 2.05) is 12.4 Å². The van der Waals surface area contributed by atoms with Gasteiger partial charge in [0.25, 0.3) is 0 Å². The highest BCUT2D eigenvalue weighted by Crippen LogP contribution is 2.44. The normalized spacial score (nSPS) is 34.6. The predicted molar refractivity (Wildman–Crippen MR) is 73.3 cm³/mol. The molecule has 1 aliphatic heterocycles. The third-order valence-corrected chi connectivity index (χ3v) is 5.10. The van der Waals surface area contributed by atoms with Crippen molar-refractivity contribution in [2.24, 2.45) is 5.92 Å². The van der Waals surface area contributed by atoms with Crippen LogP contribution in [0.2, 0.25) is 0 Å². The Morgan fingerprint density at radius 2 is 2.06 bits per heavy atom. The summed E-state index contributed by atoms with van der Waals surface area (Å²) in [7, 11) is 0. The zero-order valence-electron chi connectivity index (χ0n) is 10.8. The van der Waals surface area contributed by atoms with Crippen molar-refractivity contribution in [3.63, 3.8) is 0 Å². The molecule has 0 bridgehead atoms. The molecule has 2 heterocycles. The first-order chi connectivity index (χ1) is 8.88. The maximum atomic E-state index is 4.27. The Balaban J connectivity index is 1.89. The largest absolute Gasteiger partial charge is 0.294 e. The van der Waals surface area contributed by atoms with Gasteiger partial charge in [-0.2, -0.15) is 0 Å². The molecule has 2 nitrogen and oxygen atoms in total. The molecule has 2 fully saturated rings. The van der Waals surface area contributed by atoms with Crippen molar-refractivity contribution in [1.29, 1.82) is 0 Å². The number of hydrogen-bond donors (Lipinski definition) is 0. The third kappa shape index (κ3) is 1.42. The molecule has 4 rings (SSSR count). The Labute approximate surface area is 108 Å². The van der Waals surface area contributed by atoms with Crippen LogP contribution in [-0.4, -0.2) is 28.5 Å². The Hall–Kier alpha value is -1.15. The number of hydrogen-bond acceptors (Lipinski definition) is 2. The Morgan fingerprint density at radius 1 is 1.17 bits per heavy atom. The van der Waals surface area contributed by atoms with E-state index in [1.165, 1.54) is 55.6 Å². The first-order valence-electron chi connectivity index (χ1n) is 7.28. The monoisotopic (exact) mass is 240 g/mol. The summed E-state index contributed by atoms with van der Waals surface area (Å²) < 4.78 is 0. The van der Waals surface area contributed by atoms with Crippen molar-refractivity contribution in [1.82, 2.24) is 9.88 Å². The molecule has 94 valence electrons. The van der Waals surface area contributed by atoms with Crippen LogP contribution < -0.4 is 10.4 Å². The average Bonchev–Trinajstić information content (AvgIpc) is 3.05. The zero-order chi connectivity index (χ0) is 12.0. The minimum absolute atomic E-state index is 0.338. The van der Waals surface area contributed by atoms with E-state index in [0.717, 1.165) is 0 Å². The van der Waals surface area contributed by atoms with E-state index in [0.29, 0.717) is 11.5 Å². The van der Waals surface area contributed by atoms with Gasteiger partial charge in [0.2, 0.25) is 0 Å². The molecule has 1 saturated heterocycles. The quantitative estimate of drug-likeness (QED) is 0.735. The van der Waals surface area contributed by atoms with Gasteiger partial charge in [0.15, 0.2) is 0 Å². The van der Waals surface area contributed by atoms with E-state index >= 15 is 0 Å². The van der Waals surface area contributed by atoms with Crippen LogP contribution in [0.5, 0.6) is 0 Å². The second-order valence-electron chi connectivity index (χ2n) is 6.00. The molecular weight excluding hydrogens is 220 g/mol. The van der Waals surface area contributed by atoms with Crippen LogP contribution in [0.15, 0.2) is 18.5 Å². The van der Waals surface area contributed by atoms with Gasteiger partial charge in [-0.1, -0.05) is 18.6 Å². The topological polar surface area (TPSA) is 16.1 Å². The van der Waals surface area contributed by atoms with Crippen molar-refractivity contribution in [3.8, 4) is 0 Å². The van der Waals surface area contributed by atoms with E-state index in [2.05, 4.69) is 28.1 Å². The highest BCUT2D eigenvalue weighted by Gasteiger charge is 2.46. The third-order valence-electron chi connectivity index (χ3n) is 5.10. The summed E-state index contributed by atoms with van der Waals surface area (Å²) in [4.78, 5) is 7.02. The SMILES string of the molecule is C1=c2ccncc2=C[C@H]2CCC[C@@]12N1CCCC1. The van der Waals surface area contributed by atoms with Crippen LogP contribution in [0, 0.1) is 5.92 Å². The summed E-state index contributed by atoms with van der Waals surface area (Å²) in [5.74, 6) is 0.715. The number of aromatic nitrogens is 1. The van der Waals surface area contributed by atoms with E-state index in [1.54, 1.807) is 0 Å². The molecule has 2 aliphatic carbocycles. The molecule has 0 amide bonds. The maximum absolute atomic E-state index is 4.27. The Bertz CT molecular complexity index is 571. The Kier molecular flexibility index (Phi) is 2.34. The fourth-order valence-electron chi connectivity index (χ4n) is 4.24. The number of likely N-dealkylation sites (tertiary alicyclic amines) is 1. The lowest BCUT2D eigenvalue weighted by Crippen LogP contribution is -2.52. The number of nitrogens with zero attached hydrogens (tertiary/aromatic N) is 2. The molecule has 0 spiro atoms. The maximum Gasteiger partial charge on any atom is 0.0463 e. The van der Waals surface area contributed by atoms with Crippen molar-refractivity contribution in [3.05, 3.63) is 28.9 Å². The summed E-state index contributed by atoms with van der Waals surface area (Å²) in [5.41, 5.74) is 0.338. The second-order valence-corrected chi connectivity index (χ2v) is 6.00. The van der Waals surface area contributed by atoms with Crippen molar-refractivity contribution in [2.75, 3.05) is 13.1 Å². The first-order valence-corrected chi connectivity index (χ1v) is 7.28. The molecule has 0 radical (unpaired) electrons. The van der Waals surface area contributed by atoms with Gasteiger partial charge in [0, 0.05) is 17.9 Å². The molecule has 0 aromatic carbocycles. The van der Waals surface area contributed by atoms with E-state index < -0.39 is 0 Å². The van der Waals surface area contributed by atoms with Gasteiger partial charge in [-0.3, -0.25) is 9.88 Å². The lowest BCUT2D eigenvalue weighted by atomic mass is 9.81. The standard InChI is InChI=1S/C16H20N2/c1-2-9-18(8-1)16-6-3-4-15(16)10-14-12-17-7-5-13(14)11-16/h5,7,10-12,15H,1-4,6,8-9H2/t15-,16-/m1/s1. The molecular formula is C16H20N2. The predicted octanol–water partition coefficient (Wildman–Crippen LogP) is 1.29. The molecule has 0 N–H and O–H groups in total. The smallest absolute Gasteiger partial charge is 0.0463 e. The van der Waals surface area contributed by atoms with Gasteiger partial charge in [0.1, 0.15) is 0 Å². The highest BCUT2D eigenvalue weighted by molar-refractivity contribution is 5.52. The van der Waals surface area contributed by atoms with Gasteiger partial charge >= 0.3 is 0 Å². The van der Waals surface area contributed by atoms with Crippen molar-refractivity contribution < 1.29 is 0 Å². The minimum Gasteiger partial charge on any atom is -0.294 e. The average molecular weight is 240 g/mol. The fraction of sp³-hybridized carbons (Fsp3) is 0.562. The second kappa shape index (κ2) is 3.92. The van der Waals surface area contributed by atoms with Crippen LogP contribution in [0.1, 0.15) is 32.1 Å². The van der Waals surface area contributed by atoms with Crippen LogP contribution in [0.25, 0.3) is 12.2 Å². The molecule has 0 unspecified atom stereocenters. The van der Waals surface area contributed by atoms with Gasteiger partial charge in [-0.15, -0.1) is 0 Å². The van der Waals surface area contributed by atoms with E-state index in [-0.39, 0.29) is 0 Å². The molecule has 3 aliphatic rings. The molecule has 2 heteroatoms. The van der Waals surface area contributed by atoms with Crippen LogP contribution >= 0.6 is 0 Å². The van der Waals surface area contributed by atoms with E-state index in [4.69, 9.17) is 0 Å². The molecule has 1 aromatic heterocycles. The van der Waals surface area contributed by atoms with Crippen molar-refractivity contribution >= 4 is 12.2 Å². The van der Waals surface area contributed by atoms with E-state index in [9.17, 15) is 0 Å². The highest BCUT2D eigenvalue weighted by atomic mass is 15.2. The molecule has 18 heavy (non-hydrogen) atoms. The summed E-state index contributed by atoms with van der Waals surface area (Å²) in [5, 5.41) is 2.74. The minimum atomic E-state index is 0.338. The molecule has 1 aromatic rings. The summed E-state index contributed by atoms with van der Waals surface area (Å²) in [6.45, 7) is 2.59. The van der Waals surface area contributed by atoms with Crippen LogP contribution in [0.3, 0.4) is 0 Å². The fourth-order valence-corrected chi connectivity index (χ4v) is 4.24. The lowest BCUT2D eigenvalue weighted by Gasteiger charge is -2.41. The molecule has 1 saturated carbocycles. The van der Waals surface area contributed by atoms with Gasteiger partial charge in [-0.25, -0.2) is 0 Å². The summed E-state index contributed by atoms with van der Waals surface area (Å²) in [6.07, 6.45) is 15.8. The van der Waals surface area contributed by atoms with Gasteiger partial charge in [-0.05, 0) is 61.2 Å². The Morgan fingerprint density at radius 3 is 2.94 bits per heavy atom. The lowest BCUT2D eigenvalue weighted by molar-refractivity contribution is 0.161. The van der Waals surface area contributed by atoms with Crippen molar-refractivity contribution in [2.45, 2.75) is 37.6 Å². The van der Waals surface area contributed by atoms with Crippen LogP contribution in [0.4, 0.5) is 0 Å². The number of fused-ring (bicyclic) bond motifs is 2. The summed E-state index contributed by atoms with van der Waals surface area (Å²) in [6, 6.07) is 2.18. The molecule has 2 atom stereocenters. The number of rotatable bonds is 1.